The van der Waals surface area contributed by atoms with Gasteiger partial charge in [-0.05, 0) is 31.6 Å². The van der Waals surface area contributed by atoms with Gasteiger partial charge in [0.05, 0.1) is 13.2 Å². The second-order valence-electron chi connectivity index (χ2n) is 3.15. The Morgan fingerprint density at radius 1 is 1.29 bits per heavy atom. The molecule has 0 aliphatic heterocycles. The number of aromatic nitrogens is 1. The average Bonchev–Trinajstić information content (AvgIpc) is 2.76. The zero-order chi connectivity index (χ0) is 12.7. The van der Waals surface area contributed by atoms with Crippen LogP contribution in [0, 0.1) is 0 Å². The fourth-order valence-corrected chi connectivity index (χ4v) is 1.19. The Balaban J connectivity index is 2.62. The molecule has 0 saturated heterocycles. The molecule has 0 spiro atoms. The molecule has 0 fully saturated rings. The largest absolute Gasteiger partial charge is 0.463 e. The summed E-state index contributed by atoms with van der Waals surface area (Å²) < 4.78 is 9.55. The van der Waals surface area contributed by atoms with Crippen molar-refractivity contribution < 1.29 is 19.1 Å². The molecular weight excluding hydrogens is 222 g/mol. The molecular formula is C12H15NO4. The van der Waals surface area contributed by atoms with Crippen molar-refractivity contribution in [3.05, 3.63) is 29.6 Å². The summed E-state index contributed by atoms with van der Waals surface area (Å²) in [5, 5.41) is 0. The number of hydrogen-bond acceptors (Lipinski definition) is 4. The Bertz CT molecular complexity index is 420. The summed E-state index contributed by atoms with van der Waals surface area (Å²) in [5.74, 6) is -0.824. The van der Waals surface area contributed by atoms with Crippen molar-refractivity contribution in [3.8, 4) is 0 Å². The topological polar surface area (TPSA) is 68.4 Å². The molecule has 0 bridgehead atoms. The lowest BCUT2D eigenvalue weighted by Crippen LogP contribution is -2.04. The van der Waals surface area contributed by atoms with Crippen molar-refractivity contribution in [2.75, 3.05) is 13.2 Å². The van der Waals surface area contributed by atoms with Crippen molar-refractivity contribution in [2.24, 2.45) is 0 Å². The minimum atomic E-state index is -0.414. The van der Waals surface area contributed by atoms with Gasteiger partial charge in [-0.2, -0.15) is 0 Å². The Hall–Kier alpha value is -2.04. The van der Waals surface area contributed by atoms with Crippen LogP contribution in [0.15, 0.2) is 18.3 Å². The third-order valence-corrected chi connectivity index (χ3v) is 1.90. The minimum Gasteiger partial charge on any atom is -0.463 e. The molecule has 0 aliphatic carbocycles. The molecule has 0 saturated carbocycles. The lowest BCUT2D eigenvalue weighted by Gasteiger charge is -1.96. The normalized spacial score (nSPS) is 10.5. The molecule has 0 aliphatic rings. The molecule has 92 valence electrons. The van der Waals surface area contributed by atoms with Crippen LogP contribution in [0.3, 0.4) is 0 Å². The van der Waals surface area contributed by atoms with E-state index in [0.717, 1.165) is 0 Å². The predicted molar refractivity (Wildman–Crippen MR) is 62.4 cm³/mol. The summed E-state index contributed by atoms with van der Waals surface area (Å²) in [4.78, 5) is 25.1. The van der Waals surface area contributed by atoms with Crippen LogP contribution >= 0.6 is 0 Å². The molecule has 1 aromatic heterocycles. The average molecular weight is 237 g/mol. The summed E-state index contributed by atoms with van der Waals surface area (Å²) in [6, 6.07) is 1.60. The standard InChI is InChI=1S/C12H15NO4/c1-3-16-11(14)6-5-9-7-10(13-8-9)12(15)17-4-2/h5-8,13H,3-4H2,1-2H3/b6-5-. The van der Waals surface area contributed by atoms with E-state index in [1.165, 1.54) is 6.08 Å². The van der Waals surface area contributed by atoms with E-state index in [1.807, 2.05) is 0 Å². The summed E-state index contributed by atoms with van der Waals surface area (Å²) in [5.41, 5.74) is 1.07. The van der Waals surface area contributed by atoms with Gasteiger partial charge in [0.25, 0.3) is 0 Å². The van der Waals surface area contributed by atoms with E-state index in [2.05, 4.69) is 4.98 Å². The number of carbonyl (C=O) groups is 2. The first-order chi connectivity index (χ1) is 8.17. The van der Waals surface area contributed by atoms with Crippen LogP contribution in [0.1, 0.15) is 29.9 Å². The highest BCUT2D eigenvalue weighted by molar-refractivity contribution is 5.90. The number of ether oxygens (including phenoxy) is 2. The maximum absolute atomic E-state index is 11.3. The van der Waals surface area contributed by atoms with E-state index >= 15 is 0 Å². The molecule has 1 rings (SSSR count). The van der Waals surface area contributed by atoms with Gasteiger partial charge in [0.1, 0.15) is 5.69 Å². The maximum atomic E-state index is 11.3. The van der Waals surface area contributed by atoms with Crippen LogP contribution in [0.2, 0.25) is 0 Å². The molecule has 1 heterocycles. The van der Waals surface area contributed by atoms with E-state index < -0.39 is 11.9 Å². The molecule has 0 atom stereocenters. The third-order valence-electron chi connectivity index (χ3n) is 1.90. The van der Waals surface area contributed by atoms with Crippen LogP contribution in [-0.4, -0.2) is 30.1 Å². The molecule has 0 aromatic carbocycles. The van der Waals surface area contributed by atoms with E-state index in [1.54, 1.807) is 32.2 Å². The van der Waals surface area contributed by atoms with Gasteiger partial charge in [0, 0.05) is 12.3 Å². The number of aromatic amines is 1. The second-order valence-corrected chi connectivity index (χ2v) is 3.15. The van der Waals surface area contributed by atoms with Gasteiger partial charge < -0.3 is 14.5 Å². The fraction of sp³-hybridized carbons (Fsp3) is 0.333. The summed E-state index contributed by atoms with van der Waals surface area (Å²) in [7, 11) is 0. The Morgan fingerprint density at radius 3 is 2.65 bits per heavy atom. The van der Waals surface area contributed by atoms with Crippen LogP contribution in [0.25, 0.3) is 6.08 Å². The van der Waals surface area contributed by atoms with E-state index in [9.17, 15) is 9.59 Å². The second kappa shape index (κ2) is 6.52. The Kier molecular flexibility index (Phi) is 5.00. The lowest BCUT2D eigenvalue weighted by molar-refractivity contribution is -0.137. The SMILES string of the molecule is CCOC(=O)/C=C\c1c[nH]c(C(=O)OCC)c1. The molecule has 0 radical (unpaired) electrons. The van der Waals surface area contributed by atoms with E-state index in [0.29, 0.717) is 24.5 Å². The van der Waals surface area contributed by atoms with Gasteiger partial charge in [-0.3, -0.25) is 0 Å². The maximum Gasteiger partial charge on any atom is 0.354 e. The van der Waals surface area contributed by atoms with Crippen LogP contribution in [0.5, 0.6) is 0 Å². The number of H-pyrrole nitrogens is 1. The van der Waals surface area contributed by atoms with Crippen molar-refractivity contribution in [1.82, 2.24) is 4.98 Å². The Morgan fingerprint density at radius 2 is 2.00 bits per heavy atom. The smallest absolute Gasteiger partial charge is 0.354 e. The highest BCUT2D eigenvalue weighted by atomic mass is 16.5. The monoisotopic (exact) mass is 237 g/mol. The number of carbonyl (C=O) groups excluding carboxylic acids is 2. The molecule has 17 heavy (non-hydrogen) atoms. The zero-order valence-electron chi connectivity index (χ0n) is 9.86. The summed E-state index contributed by atoms with van der Waals surface area (Å²) in [6.07, 6.45) is 4.49. The number of hydrogen-bond donors (Lipinski definition) is 1. The van der Waals surface area contributed by atoms with Gasteiger partial charge >= 0.3 is 11.9 Å². The van der Waals surface area contributed by atoms with E-state index in [4.69, 9.17) is 9.47 Å². The number of esters is 2. The van der Waals surface area contributed by atoms with Crippen molar-refractivity contribution in [3.63, 3.8) is 0 Å². The summed E-state index contributed by atoms with van der Waals surface area (Å²) >= 11 is 0. The first-order valence-corrected chi connectivity index (χ1v) is 5.37. The van der Waals surface area contributed by atoms with Crippen molar-refractivity contribution >= 4 is 18.0 Å². The lowest BCUT2D eigenvalue weighted by atomic mass is 10.3. The van der Waals surface area contributed by atoms with Crippen molar-refractivity contribution in [2.45, 2.75) is 13.8 Å². The fourth-order valence-electron chi connectivity index (χ4n) is 1.19. The molecule has 5 nitrogen and oxygen atoms in total. The van der Waals surface area contributed by atoms with Gasteiger partial charge in [-0.25, -0.2) is 9.59 Å². The van der Waals surface area contributed by atoms with Crippen LogP contribution in [0.4, 0.5) is 0 Å². The van der Waals surface area contributed by atoms with Gasteiger partial charge in [-0.15, -0.1) is 0 Å². The van der Waals surface area contributed by atoms with Gasteiger partial charge in [0.2, 0.25) is 0 Å². The molecule has 1 aromatic rings. The summed E-state index contributed by atoms with van der Waals surface area (Å²) in [6.45, 7) is 4.14. The van der Waals surface area contributed by atoms with Gasteiger partial charge in [-0.1, -0.05) is 0 Å². The van der Waals surface area contributed by atoms with E-state index in [-0.39, 0.29) is 0 Å². The quantitative estimate of drug-likeness (QED) is 0.626. The number of nitrogens with one attached hydrogen (secondary N) is 1. The zero-order valence-corrected chi connectivity index (χ0v) is 9.86. The van der Waals surface area contributed by atoms with Crippen molar-refractivity contribution in [1.29, 1.82) is 0 Å². The van der Waals surface area contributed by atoms with Crippen LogP contribution in [-0.2, 0) is 14.3 Å². The highest BCUT2D eigenvalue weighted by Crippen LogP contribution is 2.07. The molecule has 0 amide bonds. The molecule has 0 unspecified atom stereocenters. The first-order valence-electron chi connectivity index (χ1n) is 5.37. The minimum absolute atomic E-state index is 0.325. The Labute approximate surface area is 99.4 Å². The molecule has 5 heteroatoms. The third kappa shape index (κ3) is 4.14. The number of rotatable bonds is 5. The predicted octanol–water partition coefficient (Wildman–Crippen LogP) is 1.77. The van der Waals surface area contributed by atoms with Crippen LogP contribution < -0.4 is 0 Å². The molecule has 1 N–H and O–H groups in total. The van der Waals surface area contributed by atoms with Gasteiger partial charge in [0.15, 0.2) is 0 Å². The first kappa shape index (κ1) is 13.0. The highest BCUT2D eigenvalue weighted by Gasteiger charge is 2.07.